The Balaban J connectivity index is 1.76. The predicted octanol–water partition coefficient (Wildman–Crippen LogP) is 5.62. The van der Waals surface area contributed by atoms with Gasteiger partial charge in [0.2, 0.25) is 0 Å². The summed E-state index contributed by atoms with van der Waals surface area (Å²) in [5, 5.41) is 7.65. The van der Waals surface area contributed by atoms with E-state index >= 15 is 0 Å². The largest absolute Gasteiger partial charge is 0.352 e. The molecule has 6 nitrogen and oxygen atoms in total. The minimum atomic E-state index is -0.125. The van der Waals surface area contributed by atoms with Crippen LogP contribution in [0.3, 0.4) is 0 Å². The molecule has 156 valence electrons. The topological polar surface area (TPSA) is 79.8 Å². The zero-order chi connectivity index (χ0) is 21.6. The number of para-hydroxylation sites is 1. The molecule has 0 saturated heterocycles. The molecule has 0 unspecified atom stereocenters. The van der Waals surface area contributed by atoms with Gasteiger partial charge in [0.05, 0.1) is 16.8 Å². The second kappa shape index (κ2) is 9.53. The summed E-state index contributed by atoms with van der Waals surface area (Å²) in [5.74, 6) is 0.982. The van der Waals surface area contributed by atoms with Crippen LogP contribution in [0.15, 0.2) is 67.0 Å². The average molecular weight is 432 g/mol. The van der Waals surface area contributed by atoms with Gasteiger partial charge in [-0.3, -0.25) is 9.78 Å². The van der Waals surface area contributed by atoms with E-state index in [1.54, 1.807) is 24.5 Å². The summed E-state index contributed by atoms with van der Waals surface area (Å²) in [6.45, 7) is 2.73. The van der Waals surface area contributed by atoms with E-state index in [2.05, 4.69) is 27.5 Å². The van der Waals surface area contributed by atoms with Gasteiger partial charge >= 0.3 is 0 Å². The van der Waals surface area contributed by atoms with Gasteiger partial charge in [-0.15, -0.1) is 0 Å². The average Bonchev–Trinajstić information content (AvgIpc) is 2.80. The highest BCUT2D eigenvalue weighted by molar-refractivity contribution is 6.31. The van der Waals surface area contributed by atoms with Gasteiger partial charge in [0.15, 0.2) is 5.82 Å². The maximum atomic E-state index is 12.7. The number of nitrogens with one attached hydrogen (secondary N) is 2. The Morgan fingerprint density at radius 3 is 2.74 bits per heavy atom. The lowest BCUT2D eigenvalue weighted by Crippen LogP contribution is -2.25. The summed E-state index contributed by atoms with van der Waals surface area (Å²) >= 11 is 6.25. The Kier molecular flexibility index (Phi) is 6.38. The smallest absolute Gasteiger partial charge is 0.253 e. The molecule has 0 radical (unpaired) electrons. The Morgan fingerprint density at radius 1 is 1.06 bits per heavy atom. The van der Waals surface area contributed by atoms with Gasteiger partial charge in [0, 0.05) is 34.9 Å². The first-order valence-electron chi connectivity index (χ1n) is 10.2. The van der Waals surface area contributed by atoms with E-state index in [1.165, 1.54) is 0 Å². The number of halogens is 1. The lowest BCUT2D eigenvalue weighted by atomic mass is 10.1. The zero-order valence-electron chi connectivity index (χ0n) is 17.1. The number of carbonyl (C=O) groups excluding carboxylic acids is 1. The van der Waals surface area contributed by atoms with Crippen molar-refractivity contribution < 1.29 is 4.79 Å². The molecule has 2 N–H and O–H groups in total. The van der Waals surface area contributed by atoms with Crippen LogP contribution in [0, 0.1) is 0 Å². The number of nitrogens with zero attached hydrogens (tertiary/aromatic N) is 3. The van der Waals surface area contributed by atoms with Gasteiger partial charge in [0.25, 0.3) is 5.91 Å². The maximum absolute atomic E-state index is 12.7. The number of fused-ring (bicyclic) bond motifs is 1. The molecule has 0 aliphatic heterocycles. The first-order valence-corrected chi connectivity index (χ1v) is 10.6. The molecule has 0 atom stereocenters. The van der Waals surface area contributed by atoms with Crippen LogP contribution < -0.4 is 10.6 Å². The lowest BCUT2D eigenvalue weighted by Gasteiger charge is -2.14. The van der Waals surface area contributed by atoms with Crippen molar-refractivity contribution in [1.82, 2.24) is 20.3 Å². The van der Waals surface area contributed by atoms with E-state index in [4.69, 9.17) is 16.6 Å². The number of hydrogen-bond donors (Lipinski definition) is 2. The third kappa shape index (κ3) is 4.81. The second-order valence-corrected chi connectivity index (χ2v) is 7.52. The van der Waals surface area contributed by atoms with Gasteiger partial charge in [0.1, 0.15) is 5.82 Å². The lowest BCUT2D eigenvalue weighted by molar-refractivity contribution is 0.0954. The number of unbranched alkanes of at least 4 members (excludes halogenated alkanes) is 1. The summed E-state index contributed by atoms with van der Waals surface area (Å²) in [6.07, 6.45) is 5.38. The van der Waals surface area contributed by atoms with E-state index in [9.17, 15) is 4.79 Å². The number of pyridine rings is 1. The molecular weight excluding hydrogens is 410 g/mol. The predicted molar refractivity (Wildman–Crippen MR) is 125 cm³/mol. The van der Waals surface area contributed by atoms with Crippen molar-refractivity contribution >= 4 is 39.9 Å². The highest BCUT2D eigenvalue weighted by Crippen LogP contribution is 2.30. The van der Waals surface area contributed by atoms with Crippen molar-refractivity contribution in [3.05, 3.63) is 77.6 Å². The van der Waals surface area contributed by atoms with Crippen LogP contribution in [0.5, 0.6) is 0 Å². The second-order valence-electron chi connectivity index (χ2n) is 7.08. The monoisotopic (exact) mass is 431 g/mol. The molecule has 2 aromatic heterocycles. The van der Waals surface area contributed by atoms with E-state index in [0.717, 1.165) is 29.3 Å². The highest BCUT2D eigenvalue weighted by Gasteiger charge is 2.15. The van der Waals surface area contributed by atoms with Crippen LogP contribution >= 0.6 is 11.6 Å². The van der Waals surface area contributed by atoms with E-state index in [0.29, 0.717) is 34.5 Å². The summed E-state index contributed by atoms with van der Waals surface area (Å²) in [6, 6.07) is 16.6. The summed E-state index contributed by atoms with van der Waals surface area (Å²) in [7, 11) is 0. The van der Waals surface area contributed by atoms with Gasteiger partial charge in [-0.1, -0.05) is 37.1 Å². The Hall–Kier alpha value is -3.51. The minimum Gasteiger partial charge on any atom is -0.352 e. The normalized spacial score (nSPS) is 10.8. The van der Waals surface area contributed by atoms with Crippen molar-refractivity contribution in [2.24, 2.45) is 0 Å². The van der Waals surface area contributed by atoms with Crippen LogP contribution in [0.25, 0.3) is 22.3 Å². The molecule has 0 fully saturated rings. The Labute approximate surface area is 185 Å². The van der Waals surface area contributed by atoms with Crippen LogP contribution in [0.1, 0.15) is 30.1 Å². The highest BCUT2D eigenvalue weighted by atomic mass is 35.5. The first kappa shape index (κ1) is 20.8. The maximum Gasteiger partial charge on any atom is 0.253 e. The molecule has 4 rings (SSSR count). The van der Waals surface area contributed by atoms with Gasteiger partial charge in [-0.25, -0.2) is 9.97 Å². The number of hydrogen-bond acceptors (Lipinski definition) is 5. The summed E-state index contributed by atoms with van der Waals surface area (Å²) in [5.41, 5.74) is 2.75. The quantitative estimate of drug-likeness (QED) is 0.371. The van der Waals surface area contributed by atoms with Crippen LogP contribution in [-0.4, -0.2) is 27.4 Å². The molecular formula is C24H22ClN5O. The van der Waals surface area contributed by atoms with Crippen molar-refractivity contribution in [2.45, 2.75) is 19.8 Å². The molecule has 1 amide bonds. The van der Waals surface area contributed by atoms with Gasteiger partial charge in [-0.2, -0.15) is 0 Å². The third-order valence-corrected chi connectivity index (χ3v) is 5.05. The number of carbonyl (C=O) groups is 1. The van der Waals surface area contributed by atoms with Crippen molar-refractivity contribution in [2.75, 3.05) is 11.9 Å². The molecule has 2 heterocycles. The molecule has 0 saturated carbocycles. The van der Waals surface area contributed by atoms with E-state index in [-0.39, 0.29) is 5.91 Å². The van der Waals surface area contributed by atoms with Gasteiger partial charge in [-0.05, 0) is 48.9 Å². The number of benzene rings is 2. The fourth-order valence-electron chi connectivity index (χ4n) is 3.21. The third-order valence-electron chi connectivity index (χ3n) is 4.82. The van der Waals surface area contributed by atoms with Crippen LogP contribution in [-0.2, 0) is 0 Å². The minimum absolute atomic E-state index is 0.125. The molecule has 0 aliphatic carbocycles. The van der Waals surface area contributed by atoms with Crippen molar-refractivity contribution in [1.29, 1.82) is 0 Å². The molecule has 7 heteroatoms. The first-order chi connectivity index (χ1) is 15.2. The van der Waals surface area contributed by atoms with Crippen molar-refractivity contribution in [3.8, 4) is 11.4 Å². The number of aromatic nitrogens is 3. The fraction of sp³-hybridized carbons (Fsp3) is 0.167. The van der Waals surface area contributed by atoms with Crippen molar-refractivity contribution in [3.63, 3.8) is 0 Å². The SMILES string of the molecule is CCCCNC(=O)c1ccccc1Nc1nc(-c2cccnc2)nc2ccc(Cl)cc12. The molecule has 0 bridgehead atoms. The molecule has 0 aliphatic rings. The van der Waals surface area contributed by atoms with E-state index < -0.39 is 0 Å². The Morgan fingerprint density at radius 2 is 1.94 bits per heavy atom. The number of amides is 1. The van der Waals surface area contributed by atoms with Gasteiger partial charge < -0.3 is 10.6 Å². The zero-order valence-corrected chi connectivity index (χ0v) is 17.9. The molecule has 31 heavy (non-hydrogen) atoms. The molecule has 0 spiro atoms. The number of rotatable bonds is 7. The van der Waals surface area contributed by atoms with E-state index in [1.807, 2.05) is 42.5 Å². The Bertz CT molecular complexity index is 1210. The standard InChI is InChI=1S/C24H22ClN5O/c1-2-3-13-27-24(31)18-8-4-5-9-20(18)29-23-19-14-17(25)10-11-21(19)28-22(30-23)16-7-6-12-26-15-16/h4-12,14-15H,2-3,13H2,1H3,(H,27,31)(H,28,29,30). The summed E-state index contributed by atoms with van der Waals surface area (Å²) in [4.78, 5) is 26.3. The van der Waals surface area contributed by atoms with Crippen LogP contribution in [0.2, 0.25) is 5.02 Å². The van der Waals surface area contributed by atoms with Crippen LogP contribution in [0.4, 0.5) is 11.5 Å². The summed E-state index contributed by atoms with van der Waals surface area (Å²) < 4.78 is 0. The molecule has 2 aromatic carbocycles. The fourth-order valence-corrected chi connectivity index (χ4v) is 3.38. The molecule has 4 aromatic rings. The number of anilines is 2.